The zero-order valence-electron chi connectivity index (χ0n) is 13.7. The maximum Gasteiger partial charge on any atom is 0.317 e. The van der Waals surface area contributed by atoms with Gasteiger partial charge in [0.25, 0.3) is 0 Å². The van der Waals surface area contributed by atoms with E-state index in [0.717, 1.165) is 25.9 Å². The van der Waals surface area contributed by atoms with Gasteiger partial charge in [-0.15, -0.1) is 0 Å². The highest BCUT2D eigenvalue weighted by Gasteiger charge is 2.35. The van der Waals surface area contributed by atoms with Crippen LogP contribution in [0.4, 0.5) is 4.79 Å². The molecule has 1 unspecified atom stereocenters. The largest absolute Gasteiger partial charge is 0.481 e. The Hall–Kier alpha value is -1.26. The molecule has 0 aromatic rings. The summed E-state index contributed by atoms with van der Waals surface area (Å²) in [7, 11) is 0. The summed E-state index contributed by atoms with van der Waals surface area (Å²) in [5.74, 6) is -0.109. The minimum absolute atomic E-state index is 0.112. The molecule has 1 rings (SSSR count). The Morgan fingerprint density at radius 3 is 2.38 bits per heavy atom. The summed E-state index contributed by atoms with van der Waals surface area (Å²) in [5, 5.41) is 12.2. The molecule has 2 N–H and O–H groups in total. The first-order chi connectivity index (χ1) is 9.99. The van der Waals surface area contributed by atoms with Crippen molar-refractivity contribution in [3.8, 4) is 0 Å². The highest BCUT2D eigenvalue weighted by atomic mass is 16.4. The fraction of sp³-hybridized carbons (Fsp3) is 0.875. The van der Waals surface area contributed by atoms with Crippen molar-refractivity contribution < 1.29 is 14.7 Å². The van der Waals surface area contributed by atoms with E-state index in [-0.39, 0.29) is 12.6 Å². The van der Waals surface area contributed by atoms with E-state index in [0.29, 0.717) is 18.8 Å². The maximum absolute atomic E-state index is 12.3. The van der Waals surface area contributed by atoms with Gasteiger partial charge in [0.1, 0.15) is 0 Å². The zero-order chi connectivity index (χ0) is 15.9. The van der Waals surface area contributed by atoms with Crippen LogP contribution < -0.4 is 5.32 Å². The predicted molar refractivity (Wildman–Crippen MR) is 83.3 cm³/mol. The second kappa shape index (κ2) is 8.25. The van der Waals surface area contributed by atoms with Crippen LogP contribution in [0.3, 0.4) is 0 Å². The van der Waals surface area contributed by atoms with Crippen molar-refractivity contribution in [3.05, 3.63) is 0 Å². The van der Waals surface area contributed by atoms with Crippen molar-refractivity contribution in [2.24, 2.45) is 11.3 Å². The summed E-state index contributed by atoms with van der Waals surface area (Å²) in [6, 6.07) is -0.112. The Morgan fingerprint density at radius 2 is 1.86 bits per heavy atom. The van der Waals surface area contributed by atoms with Crippen LogP contribution in [-0.4, -0.2) is 41.6 Å². The number of likely N-dealkylation sites (tertiary alicyclic amines) is 1. The molecule has 0 aromatic heterocycles. The molecule has 0 bridgehead atoms. The smallest absolute Gasteiger partial charge is 0.317 e. The number of nitrogens with zero attached hydrogens (tertiary/aromatic N) is 1. The first kappa shape index (κ1) is 17.8. The summed E-state index contributed by atoms with van der Waals surface area (Å²) in [6.45, 7) is 7.69. The summed E-state index contributed by atoms with van der Waals surface area (Å²) in [5.41, 5.74) is -0.840. The lowest BCUT2D eigenvalue weighted by Gasteiger charge is -2.29. The van der Waals surface area contributed by atoms with Crippen molar-refractivity contribution in [2.75, 3.05) is 19.6 Å². The number of carbonyl (C=O) groups is 2. The van der Waals surface area contributed by atoms with Crippen LogP contribution in [0.25, 0.3) is 0 Å². The van der Waals surface area contributed by atoms with E-state index >= 15 is 0 Å². The molecule has 1 fully saturated rings. The van der Waals surface area contributed by atoms with Crippen LogP contribution in [0, 0.1) is 11.3 Å². The van der Waals surface area contributed by atoms with Gasteiger partial charge in [-0.05, 0) is 38.0 Å². The van der Waals surface area contributed by atoms with Crippen LogP contribution in [0.15, 0.2) is 0 Å². The number of nitrogens with one attached hydrogen (secondary N) is 1. The van der Waals surface area contributed by atoms with Crippen molar-refractivity contribution in [3.63, 3.8) is 0 Å². The molecule has 122 valence electrons. The Kier molecular flexibility index (Phi) is 6.99. The van der Waals surface area contributed by atoms with Gasteiger partial charge in [0.2, 0.25) is 0 Å². The molecule has 1 atom stereocenters. The summed E-state index contributed by atoms with van der Waals surface area (Å²) in [6.07, 6.45) is 5.49. The Bertz CT molecular complexity index is 353. The predicted octanol–water partition coefficient (Wildman–Crippen LogP) is 3.10. The first-order valence-corrected chi connectivity index (χ1v) is 8.25. The van der Waals surface area contributed by atoms with Crippen LogP contribution in [0.5, 0.6) is 0 Å². The van der Waals surface area contributed by atoms with E-state index in [9.17, 15) is 14.7 Å². The lowest BCUT2D eigenvalue weighted by atomic mass is 9.82. The van der Waals surface area contributed by atoms with Crippen LogP contribution in [0.1, 0.15) is 59.3 Å². The fourth-order valence-corrected chi connectivity index (χ4v) is 3.01. The molecule has 1 aliphatic heterocycles. The van der Waals surface area contributed by atoms with Gasteiger partial charge in [-0.1, -0.05) is 27.2 Å². The molecule has 21 heavy (non-hydrogen) atoms. The minimum atomic E-state index is -0.840. The van der Waals surface area contributed by atoms with Crippen molar-refractivity contribution in [1.29, 1.82) is 0 Å². The van der Waals surface area contributed by atoms with Gasteiger partial charge >= 0.3 is 12.0 Å². The Labute approximate surface area is 128 Å². The number of amides is 2. The van der Waals surface area contributed by atoms with E-state index in [4.69, 9.17) is 0 Å². The van der Waals surface area contributed by atoms with Gasteiger partial charge in [0.15, 0.2) is 0 Å². The molecule has 0 saturated carbocycles. The molecular weight excluding hydrogens is 268 g/mol. The normalized spacial score (nSPS) is 20.0. The topological polar surface area (TPSA) is 69.6 Å². The van der Waals surface area contributed by atoms with Crippen LogP contribution >= 0.6 is 0 Å². The number of rotatable bonds is 6. The van der Waals surface area contributed by atoms with Gasteiger partial charge < -0.3 is 15.3 Å². The molecule has 5 heteroatoms. The lowest BCUT2D eigenvalue weighted by molar-refractivity contribution is -0.149. The summed E-state index contributed by atoms with van der Waals surface area (Å²) < 4.78 is 0. The second-order valence-corrected chi connectivity index (χ2v) is 6.14. The number of hydrogen-bond acceptors (Lipinski definition) is 2. The SMILES string of the molecule is CCC1CCCN(C(=O)NCC(CC)(CC)C(=O)O)CC1. The quantitative estimate of drug-likeness (QED) is 0.791. The Balaban J connectivity index is 2.54. The standard InChI is InChI=1S/C16H30N2O3/c1-4-13-8-7-10-18(11-9-13)15(21)17-12-16(5-2,6-3)14(19)20/h13H,4-12H2,1-3H3,(H,17,21)(H,19,20). The molecule has 0 aliphatic carbocycles. The van der Waals surface area contributed by atoms with E-state index in [1.165, 1.54) is 12.8 Å². The van der Waals surface area contributed by atoms with Crippen molar-refractivity contribution >= 4 is 12.0 Å². The molecule has 0 spiro atoms. The van der Waals surface area contributed by atoms with E-state index in [1.54, 1.807) is 0 Å². The van der Waals surface area contributed by atoms with Gasteiger partial charge in [0, 0.05) is 19.6 Å². The molecule has 2 amide bonds. The van der Waals surface area contributed by atoms with Gasteiger partial charge in [-0.3, -0.25) is 4.79 Å². The highest BCUT2D eigenvalue weighted by Crippen LogP contribution is 2.26. The first-order valence-electron chi connectivity index (χ1n) is 8.25. The van der Waals surface area contributed by atoms with Crippen LogP contribution in [-0.2, 0) is 4.79 Å². The molecule has 1 saturated heterocycles. The number of carbonyl (C=O) groups excluding carboxylic acids is 1. The molecule has 0 aromatic carbocycles. The third-order valence-electron chi connectivity index (χ3n) is 5.10. The van der Waals surface area contributed by atoms with Crippen molar-refractivity contribution in [1.82, 2.24) is 10.2 Å². The molecule has 5 nitrogen and oxygen atoms in total. The monoisotopic (exact) mass is 298 g/mol. The van der Waals surface area contributed by atoms with E-state index in [2.05, 4.69) is 12.2 Å². The zero-order valence-corrected chi connectivity index (χ0v) is 13.7. The maximum atomic E-state index is 12.3. The molecule has 0 radical (unpaired) electrons. The van der Waals surface area contributed by atoms with E-state index < -0.39 is 11.4 Å². The van der Waals surface area contributed by atoms with E-state index in [1.807, 2.05) is 18.7 Å². The fourth-order valence-electron chi connectivity index (χ4n) is 3.01. The lowest BCUT2D eigenvalue weighted by Crippen LogP contribution is -2.47. The third-order valence-corrected chi connectivity index (χ3v) is 5.10. The summed E-state index contributed by atoms with van der Waals surface area (Å²) >= 11 is 0. The molecule has 1 heterocycles. The number of urea groups is 1. The number of carboxylic acid groups (broad SMARTS) is 1. The van der Waals surface area contributed by atoms with Gasteiger partial charge in [-0.25, -0.2) is 4.79 Å². The average molecular weight is 298 g/mol. The Morgan fingerprint density at radius 1 is 1.19 bits per heavy atom. The highest BCUT2D eigenvalue weighted by molar-refractivity contribution is 5.78. The number of carboxylic acids is 1. The van der Waals surface area contributed by atoms with Crippen LogP contribution in [0.2, 0.25) is 0 Å². The molecular formula is C16H30N2O3. The van der Waals surface area contributed by atoms with Gasteiger partial charge in [-0.2, -0.15) is 0 Å². The average Bonchev–Trinajstić information content (AvgIpc) is 2.73. The third kappa shape index (κ3) is 4.61. The summed E-state index contributed by atoms with van der Waals surface area (Å²) in [4.78, 5) is 25.6. The number of hydrogen-bond donors (Lipinski definition) is 2. The molecule has 1 aliphatic rings. The number of aliphatic carboxylic acids is 1. The van der Waals surface area contributed by atoms with Crippen molar-refractivity contribution in [2.45, 2.75) is 59.3 Å². The van der Waals surface area contributed by atoms with Gasteiger partial charge in [0.05, 0.1) is 5.41 Å². The minimum Gasteiger partial charge on any atom is -0.481 e. The second-order valence-electron chi connectivity index (χ2n) is 6.14.